The van der Waals surface area contributed by atoms with Crippen LogP contribution >= 0.6 is 15.9 Å². The first-order valence-corrected chi connectivity index (χ1v) is 4.98. The zero-order valence-corrected chi connectivity index (χ0v) is 9.11. The third-order valence-corrected chi connectivity index (χ3v) is 2.39. The SMILES string of the molecule is O=C(O)Cc1cc(O)c2cc(Br)oc2c1. The standard InChI is InChI=1S/C10H7BrO4/c11-9-4-6-7(12)1-5(3-10(13)14)2-8(6)15-9/h1-2,4,12H,3H2,(H,13,14). The zero-order valence-electron chi connectivity index (χ0n) is 7.53. The third-order valence-electron chi connectivity index (χ3n) is 2.00. The molecule has 0 atom stereocenters. The quantitative estimate of drug-likeness (QED) is 0.880. The molecule has 0 radical (unpaired) electrons. The highest BCUT2D eigenvalue weighted by molar-refractivity contribution is 9.10. The van der Waals surface area contributed by atoms with Gasteiger partial charge in [0.05, 0.1) is 11.8 Å². The van der Waals surface area contributed by atoms with Crippen molar-refractivity contribution in [3.8, 4) is 5.75 Å². The normalized spacial score (nSPS) is 10.7. The van der Waals surface area contributed by atoms with E-state index in [0.29, 0.717) is 21.2 Å². The number of furan rings is 1. The Labute approximate surface area is 93.3 Å². The van der Waals surface area contributed by atoms with Gasteiger partial charge in [-0.3, -0.25) is 4.79 Å². The van der Waals surface area contributed by atoms with Gasteiger partial charge in [-0.15, -0.1) is 0 Å². The van der Waals surface area contributed by atoms with Crippen molar-refractivity contribution in [2.24, 2.45) is 0 Å². The van der Waals surface area contributed by atoms with Crippen molar-refractivity contribution >= 4 is 32.9 Å². The minimum absolute atomic E-state index is 0.0261. The number of carbonyl (C=O) groups is 1. The predicted octanol–water partition coefficient (Wildman–Crippen LogP) is 2.53. The third kappa shape index (κ3) is 1.97. The summed E-state index contributed by atoms with van der Waals surface area (Å²) >= 11 is 3.14. The molecule has 0 bridgehead atoms. The van der Waals surface area contributed by atoms with Gasteiger partial charge in [-0.05, 0) is 33.6 Å². The van der Waals surface area contributed by atoms with E-state index >= 15 is 0 Å². The molecule has 4 nitrogen and oxygen atoms in total. The molecule has 0 fully saturated rings. The van der Waals surface area contributed by atoms with Crippen molar-refractivity contribution in [2.75, 3.05) is 0 Å². The fraction of sp³-hybridized carbons (Fsp3) is 0.100. The summed E-state index contributed by atoms with van der Waals surface area (Å²) in [6.07, 6.45) is -0.137. The second-order valence-electron chi connectivity index (χ2n) is 3.15. The van der Waals surface area contributed by atoms with Crippen LogP contribution in [0.15, 0.2) is 27.3 Å². The number of benzene rings is 1. The number of phenolic OH excluding ortho intramolecular Hbond substituents is 1. The molecule has 1 aromatic heterocycles. The Balaban J connectivity index is 2.56. The van der Waals surface area contributed by atoms with Crippen LogP contribution in [0.3, 0.4) is 0 Å². The molecule has 0 aliphatic rings. The molecule has 5 heteroatoms. The first-order chi connectivity index (χ1) is 7.06. The Hall–Kier alpha value is -1.49. The summed E-state index contributed by atoms with van der Waals surface area (Å²) in [5.74, 6) is -0.919. The number of aromatic hydroxyl groups is 1. The molecule has 78 valence electrons. The van der Waals surface area contributed by atoms with Gasteiger partial charge in [-0.25, -0.2) is 0 Å². The highest BCUT2D eigenvalue weighted by atomic mass is 79.9. The van der Waals surface area contributed by atoms with Crippen LogP contribution in [0.4, 0.5) is 0 Å². The smallest absolute Gasteiger partial charge is 0.307 e. The molecule has 0 amide bonds. The minimum atomic E-state index is -0.945. The van der Waals surface area contributed by atoms with E-state index in [1.807, 2.05) is 0 Å². The summed E-state index contributed by atoms with van der Waals surface area (Å²) in [7, 11) is 0. The lowest BCUT2D eigenvalue weighted by Crippen LogP contribution is -1.99. The average molecular weight is 271 g/mol. The molecule has 0 aliphatic carbocycles. The number of fused-ring (bicyclic) bond motifs is 1. The zero-order chi connectivity index (χ0) is 11.0. The fourth-order valence-corrected chi connectivity index (χ4v) is 1.82. The van der Waals surface area contributed by atoms with Gasteiger partial charge in [0.2, 0.25) is 0 Å². The molecule has 0 saturated heterocycles. The van der Waals surface area contributed by atoms with Gasteiger partial charge >= 0.3 is 5.97 Å². The summed E-state index contributed by atoms with van der Waals surface area (Å²) in [5.41, 5.74) is 0.979. The number of carboxylic acids is 1. The fourth-order valence-electron chi connectivity index (χ4n) is 1.42. The molecule has 0 aliphatic heterocycles. The molecule has 2 N–H and O–H groups in total. The lowest BCUT2D eigenvalue weighted by Gasteiger charge is -1.99. The summed E-state index contributed by atoms with van der Waals surface area (Å²) in [6, 6.07) is 4.67. The van der Waals surface area contributed by atoms with Gasteiger partial charge in [-0.1, -0.05) is 0 Å². The van der Waals surface area contributed by atoms with Gasteiger partial charge in [-0.2, -0.15) is 0 Å². The lowest BCUT2D eigenvalue weighted by atomic mass is 10.1. The number of halogens is 1. The van der Waals surface area contributed by atoms with Gasteiger partial charge < -0.3 is 14.6 Å². The average Bonchev–Trinajstić information content (AvgIpc) is 2.44. The Bertz CT molecular complexity index is 529. The Kier molecular flexibility index (Phi) is 2.40. The first kappa shape index (κ1) is 10.0. The molecule has 2 rings (SSSR count). The molecule has 2 aromatic rings. The number of hydrogen-bond acceptors (Lipinski definition) is 3. The second-order valence-corrected chi connectivity index (χ2v) is 3.93. The molecule has 0 spiro atoms. The van der Waals surface area contributed by atoms with Crippen LogP contribution in [-0.2, 0) is 11.2 Å². The number of hydrogen-bond donors (Lipinski definition) is 2. The van der Waals surface area contributed by atoms with Gasteiger partial charge in [0.25, 0.3) is 0 Å². The number of carboxylic acid groups (broad SMARTS) is 1. The van der Waals surface area contributed by atoms with E-state index < -0.39 is 5.97 Å². The largest absolute Gasteiger partial charge is 0.507 e. The minimum Gasteiger partial charge on any atom is -0.507 e. The first-order valence-electron chi connectivity index (χ1n) is 4.19. The van der Waals surface area contributed by atoms with Crippen LogP contribution in [0.5, 0.6) is 5.75 Å². The molecule has 15 heavy (non-hydrogen) atoms. The topological polar surface area (TPSA) is 70.7 Å². The molecule has 1 aromatic carbocycles. The van der Waals surface area contributed by atoms with E-state index in [0.717, 1.165) is 0 Å². The molecular formula is C10H7BrO4. The lowest BCUT2D eigenvalue weighted by molar-refractivity contribution is -0.136. The van der Waals surface area contributed by atoms with Gasteiger partial charge in [0.1, 0.15) is 11.3 Å². The maximum Gasteiger partial charge on any atom is 0.307 e. The van der Waals surface area contributed by atoms with Crippen molar-refractivity contribution in [2.45, 2.75) is 6.42 Å². The van der Waals surface area contributed by atoms with E-state index in [4.69, 9.17) is 9.52 Å². The van der Waals surface area contributed by atoms with Crippen molar-refractivity contribution in [3.63, 3.8) is 0 Å². The van der Waals surface area contributed by atoms with Crippen LogP contribution < -0.4 is 0 Å². The molecule has 0 unspecified atom stereocenters. The number of aliphatic carboxylic acids is 1. The highest BCUT2D eigenvalue weighted by Crippen LogP contribution is 2.31. The van der Waals surface area contributed by atoms with Crippen molar-refractivity contribution in [3.05, 3.63) is 28.4 Å². The van der Waals surface area contributed by atoms with Crippen LogP contribution in [0.1, 0.15) is 5.56 Å². The maximum absolute atomic E-state index is 10.5. The van der Waals surface area contributed by atoms with Crippen molar-refractivity contribution in [1.82, 2.24) is 0 Å². The van der Waals surface area contributed by atoms with Crippen LogP contribution in [-0.4, -0.2) is 16.2 Å². The Morgan fingerprint density at radius 1 is 1.40 bits per heavy atom. The van der Waals surface area contributed by atoms with E-state index in [-0.39, 0.29) is 12.2 Å². The van der Waals surface area contributed by atoms with E-state index in [1.165, 1.54) is 6.07 Å². The van der Waals surface area contributed by atoms with E-state index in [2.05, 4.69) is 15.9 Å². The number of rotatable bonds is 2. The van der Waals surface area contributed by atoms with Crippen LogP contribution in [0, 0.1) is 0 Å². The monoisotopic (exact) mass is 270 g/mol. The predicted molar refractivity (Wildman–Crippen MR) is 56.9 cm³/mol. The number of phenols is 1. The van der Waals surface area contributed by atoms with Crippen molar-refractivity contribution < 1.29 is 19.4 Å². The van der Waals surface area contributed by atoms with E-state index in [9.17, 15) is 9.90 Å². The maximum atomic E-state index is 10.5. The van der Waals surface area contributed by atoms with Gasteiger partial charge in [0, 0.05) is 6.07 Å². The van der Waals surface area contributed by atoms with Crippen molar-refractivity contribution in [1.29, 1.82) is 0 Å². The molecule has 0 saturated carbocycles. The van der Waals surface area contributed by atoms with Crippen LogP contribution in [0.2, 0.25) is 0 Å². The summed E-state index contributed by atoms with van der Waals surface area (Å²) < 4.78 is 5.73. The highest BCUT2D eigenvalue weighted by Gasteiger charge is 2.10. The van der Waals surface area contributed by atoms with Gasteiger partial charge in [0.15, 0.2) is 4.67 Å². The second kappa shape index (κ2) is 3.58. The van der Waals surface area contributed by atoms with E-state index in [1.54, 1.807) is 12.1 Å². The molecular weight excluding hydrogens is 264 g/mol. The summed E-state index contributed by atoms with van der Waals surface area (Å²) in [6.45, 7) is 0. The summed E-state index contributed by atoms with van der Waals surface area (Å²) in [4.78, 5) is 10.5. The van der Waals surface area contributed by atoms with Crippen LogP contribution in [0.25, 0.3) is 11.0 Å². The molecule has 1 heterocycles. The summed E-state index contributed by atoms with van der Waals surface area (Å²) in [5, 5.41) is 18.8. The Morgan fingerprint density at radius 3 is 2.80 bits per heavy atom. The Morgan fingerprint density at radius 2 is 2.13 bits per heavy atom.